The maximum absolute atomic E-state index is 5.91. The predicted octanol–water partition coefficient (Wildman–Crippen LogP) is 3.56. The molecule has 96 valence electrons. The van der Waals surface area contributed by atoms with Gasteiger partial charge in [-0.1, -0.05) is 42.4 Å². The molecule has 1 aromatic carbocycles. The van der Waals surface area contributed by atoms with E-state index in [4.69, 9.17) is 11.6 Å². The van der Waals surface area contributed by atoms with Gasteiger partial charge in [0.15, 0.2) is 0 Å². The molecule has 0 aliphatic carbocycles. The third-order valence-electron chi connectivity index (χ3n) is 2.63. The molecule has 0 unspecified atom stereocenters. The topological polar surface area (TPSA) is 43.1 Å². The van der Waals surface area contributed by atoms with Crippen LogP contribution in [0.1, 0.15) is 6.92 Å². The molecule has 4 nitrogen and oxygen atoms in total. The van der Waals surface area contributed by atoms with Crippen LogP contribution >= 0.6 is 23.4 Å². The lowest BCUT2D eigenvalue weighted by Gasteiger charge is -2.03. The highest BCUT2D eigenvalue weighted by Gasteiger charge is 2.09. The quantitative estimate of drug-likeness (QED) is 0.692. The molecule has 0 bridgehead atoms. The minimum atomic E-state index is 0.614. The Morgan fingerprint density at radius 1 is 1.21 bits per heavy atom. The van der Waals surface area contributed by atoms with E-state index in [1.54, 1.807) is 22.5 Å². The van der Waals surface area contributed by atoms with Gasteiger partial charge in [-0.15, -0.1) is 5.10 Å². The summed E-state index contributed by atoms with van der Waals surface area (Å²) in [5.41, 5.74) is 1.99. The first-order valence-electron chi connectivity index (χ1n) is 5.88. The number of halogens is 1. The minimum Gasteiger partial charge on any atom is -0.220 e. The maximum Gasteiger partial charge on any atom is 0.253 e. The molecule has 0 atom stereocenters. The Hall–Kier alpha value is -1.59. The summed E-state index contributed by atoms with van der Waals surface area (Å²) in [5.74, 6) is 1.55. The van der Waals surface area contributed by atoms with Crippen LogP contribution in [0.3, 0.4) is 0 Å². The van der Waals surface area contributed by atoms with Crippen LogP contribution in [0.25, 0.3) is 17.0 Å². The van der Waals surface area contributed by atoms with Crippen LogP contribution < -0.4 is 0 Å². The number of benzene rings is 1. The van der Waals surface area contributed by atoms with Gasteiger partial charge in [-0.3, -0.25) is 0 Å². The van der Waals surface area contributed by atoms with E-state index in [1.165, 1.54) is 0 Å². The fourth-order valence-electron chi connectivity index (χ4n) is 1.81. The van der Waals surface area contributed by atoms with E-state index in [-0.39, 0.29) is 0 Å². The molecule has 2 heterocycles. The molecule has 0 fully saturated rings. The monoisotopic (exact) mass is 290 g/mol. The van der Waals surface area contributed by atoms with Crippen molar-refractivity contribution in [2.75, 3.05) is 5.75 Å². The van der Waals surface area contributed by atoms with Crippen LogP contribution in [-0.2, 0) is 0 Å². The molecular weight excluding hydrogens is 280 g/mol. The van der Waals surface area contributed by atoms with Crippen LogP contribution in [0.2, 0.25) is 5.02 Å². The molecule has 0 N–H and O–H groups in total. The van der Waals surface area contributed by atoms with Gasteiger partial charge in [0.25, 0.3) is 5.78 Å². The van der Waals surface area contributed by atoms with E-state index < -0.39 is 0 Å². The highest BCUT2D eigenvalue weighted by atomic mass is 35.5. The second kappa shape index (κ2) is 5.19. The Balaban J connectivity index is 2.15. The number of hydrogen-bond donors (Lipinski definition) is 0. The molecule has 0 spiro atoms. The summed E-state index contributed by atoms with van der Waals surface area (Å²) < 4.78 is 1.77. The first kappa shape index (κ1) is 12.4. The molecule has 3 aromatic rings. The van der Waals surface area contributed by atoms with Crippen molar-refractivity contribution in [1.82, 2.24) is 19.6 Å². The number of aromatic nitrogens is 4. The molecule has 19 heavy (non-hydrogen) atoms. The molecule has 0 saturated heterocycles. The highest BCUT2D eigenvalue weighted by molar-refractivity contribution is 7.99. The van der Waals surface area contributed by atoms with Crippen molar-refractivity contribution in [2.24, 2.45) is 0 Å². The van der Waals surface area contributed by atoms with Gasteiger partial charge in [0, 0.05) is 16.8 Å². The number of fused-ring (bicyclic) bond motifs is 1. The van der Waals surface area contributed by atoms with Crippen LogP contribution in [0, 0.1) is 0 Å². The third kappa shape index (κ3) is 2.43. The third-order valence-corrected chi connectivity index (χ3v) is 3.61. The van der Waals surface area contributed by atoms with Crippen molar-refractivity contribution in [1.29, 1.82) is 0 Å². The van der Waals surface area contributed by atoms with Crippen LogP contribution in [0.5, 0.6) is 0 Å². The van der Waals surface area contributed by atoms with E-state index in [2.05, 4.69) is 22.0 Å². The van der Waals surface area contributed by atoms with Gasteiger partial charge in [0.2, 0.25) is 5.16 Å². The minimum absolute atomic E-state index is 0.614. The second-order valence-electron chi connectivity index (χ2n) is 3.88. The van der Waals surface area contributed by atoms with Crippen molar-refractivity contribution in [3.63, 3.8) is 0 Å². The fourth-order valence-corrected chi connectivity index (χ4v) is 2.48. The second-order valence-corrected chi connectivity index (χ2v) is 5.54. The van der Waals surface area contributed by atoms with Crippen molar-refractivity contribution >= 4 is 29.1 Å². The normalized spacial score (nSPS) is 11.1. The Labute approximate surface area is 119 Å². The van der Waals surface area contributed by atoms with Crippen LogP contribution in [0.4, 0.5) is 0 Å². The summed E-state index contributed by atoms with van der Waals surface area (Å²) in [4.78, 5) is 8.62. The lowest BCUT2D eigenvalue weighted by molar-refractivity contribution is 0.886. The molecule has 2 aromatic heterocycles. The molecule has 0 aliphatic heterocycles. The smallest absolute Gasteiger partial charge is 0.220 e. The predicted molar refractivity (Wildman–Crippen MR) is 77.6 cm³/mol. The van der Waals surface area contributed by atoms with Gasteiger partial charge in [-0.05, 0) is 24.0 Å². The van der Waals surface area contributed by atoms with Gasteiger partial charge < -0.3 is 0 Å². The van der Waals surface area contributed by atoms with E-state index in [1.807, 2.05) is 30.3 Å². The first-order valence-corrected chi connectivity index (χ1v) is 7.25. The lowest BCUT2D eigenvalue weighted by Crippen LogP contribution is -1.95. The molecule has 3 rings (SSSR count). The SMILES string of the molecule is CCSc1nc2nccc(-c3ccc(Cl)cc3)n2n1. The maximum atomic E-state index is 5.91. The molecule has 0 radical (unpaired) electrons. The van der Waals surface area contributed by atoms with Crippen LogP contribution in [-0.4, -0.2) is 25.3 Å². The Morgan fingerprint density at radius 2 is 2.00 bits per heavy atom. The van der Waals surface area contributed by atoms with E-state index in [9.17, 15) is 0 Å². The fraction of sp³-hybridized carbons (Fsp3) is 0.154. The summed E-state index contributed by atoms with van der Waals surface area (Å²) >= 11 is 7.52. The van der Waals surface area contributed by atoms with Crippen molar-refractivity contribution in [2.45, 2.75) is 12.1 Å². The summed E-state index contributed by atoms with van der Waals surface area (Å²) in [5, 5.41) is 5.94. The van der Waals surface area contributed by atoms with Gasteiger partial charge in [-0.25, -0.2) is 4.98 Å². The summed E-state index contributed by atoms with van der Waals surface area (Å²) in [6, 6.07) is 9.58. The molecule has 0 amide bonds. The number of nitrogens with zero attached hydrogens (tertiary/aromatic N) is 4. The van der Waals surface area contributed by atoms with Crippen molar-refractivity contribution in [3.05, 3.63) is 41.6 Å². The standard InChI is InChI=1S/C13H11ClN4S/c1-2-19-13-16-12-15-8-7-11(18(12)17-13)9-3-5-10(14)6-4-9/h3-8H,2H2,1H3. The number of hydrogen-bond acceptors (Lipinski definition) is 4. The molecule has 6 heteroatoms. The van der Waals surface area contributed by atoms with E-state index in [0.29, 0.717) is 5.78 Å². The summed E-state index contributed by atoms with van der Waals surface area (Å²) in [6.45, 7) is 2.07. The number of rotatable bonds is 3. The molecule has 0 aliphatic rings. The first-order chi connectivity index (χ1) is 9.28. The Bertz CT molecular complexity index is 708. The average Bonchev–Trinajstić information content (AvgIpc) is 2.82. The molecular formula is C13H11ClN4S. The van der Waals surface area contributed by atoms with Crippen molar-refractivity contribution in [3.8, 4) is 11.3 Å². The highest BCUT2D eigenvalue weighted by Crippen LogP contribution is 2.22. The lowest BCUT2D eigenvalue weighted by atomic mass is 10.1. The van der Waals surface area contributed by atoms with Gasteiger partial charge >= 0.3 is 0 Å². The zero-order valence-electron chi connectivity index (χ0n) is 10.2. The zero-order chi connectivity index (χ0) is 13.2. The largest absolute Gasteiger partial charge is 0.253 e. The van der Waals surface area contributed by atoms with E-state index >= 15 is 0 Å². The summed E-state index contributed by atoms with van der Waals surface area (Å²) in [7, 11) is 0. The van der Waals surface area contributed by atoms with Crippen LogP contribution in [0.15, 0.2) is 41.7 Å². The Morgan fingerprint density at radius 3 is 2.74 bits per heavy atom. The average molecular weight is 291 g/mol. The zero-order valence-corrected chi connectivity index (χ0v) is 11.8. The van der Waals surface area contributed by atoms with Gasteiger partial charge in [0.1, 0.15) is 0 Å². The summed E-state index contributed by atoms with van der Waals surface area (Å²) in [6.07, 6.45) is 1.74. The number of thioether (sulfide) groups is 1. The van der Waals surface area contributed by atoms with Gasteiger partial charge in [0.05, 0.1) is 5.69 Å². The van der Waals surface area contributed by atoms with E-state index in [0.717, 1.165) is 27.2 Å². The Kier molecular flexibility index (Phi) is 3.40. The molecule has 0 saturated carbocycles. The van der Waals surface area contributed by atoms with Crippen molar-refractivity contribution < 1.29 is 0 Å². The van der Waals surface area contributed by atoms with Gasteiger partial charge in [-0.2, -0.15) is 9.50 Å².